The van der Waals surface area contributed by atoms with Crippen molar-refractivity contribution >= 4 is 11.8 Å². The van der Waals surface area contributed by atoms with E-state index in [1.54, 1.807) is 0 Å². The Morgan fingerprint density at radius 2 is 1.68 bits per heavy atom. The highest BCUT2D eigenvalue weighted by Crippen LogP contribution is 2.54. The Morgan fingerprint density at radius 1 is 1.04 bits per heavy atom. The lowest BCUT2D eigenvalue weighted by Crippen LogP contribution is -2.38. The van der Waals surface area contributed by atoms with E-state index in [-0.39, 0.29) is 17.6 Å². The molecule has 2 aromatic rings. The second-order valence-electron chi connectivity index (χ2n) is 7.15. The fourth-order valence-electron chi connectivity index (χ4n) is 3.86. The molecule has 4 heteroatoms. The Kier molecular flexibility index (Phi) is 4.35. The molecule has 0 bridgehead atoms. The van der Waals surface area contributed by atoms with Crippen molar-refractivity contribution in [2.45, 2.75) is 31.9 Å². The predicted molar refractivity (Wildman–Crippen MR) is 98.5 cm³/mol. The molecule has 1 amide bonds. The summed E-state index contributed by atoms with van der Waals surface area (Å²) in [5, 5.41) is 3.06. The molecule has 1 saturated carbocycles. The zero-order chi connectivity index (χ0) is 17.1. The van der Waals surface area contributed by atoms with Crippen molar-refractivity contribution in [3.05, 3.63) is 66.2 Å². The zero-order valence-corrected chi connectivity index (χ0v) is 14.4. The van der Waals surface area contributed by atoms with Gasteiger partial charge in [0, 0.05) is 24.8 Å². The number of amides is 1. The molecule has 1 saturated heterocycles. The number of rotatable bonds is 4. The van der Waals surface area contributed by atoms with E-state index in [0.29, 0.717) is 6.61 Å². The fraction of sp³-hybridized carbons (Fsp3) is 0.381. The Bertz CT molecular complexity index is 709. The van der Waals surface area contributed by atoms with Crippen molar-refractivity contribution in [1.82, 2.24) is 5.32 Å². The average molecular weight is 336 g/mol. The van der Waals surface area contributed by atoms with E-state index in [0.717, 1.165) is 37.9 Å². The number of nitrogens with one attached hydrogen (secondary N) is 1. The molecule has 4 nitrogen and oxygen atoms in total. The Labute approximate surface area is 148 Å². The first-order valence-corrected chi connectivity index (χ1v) is 9.02. The third kappa shape index (κ3) is 3.63. The molecule has 1 spiro atoms. The smallest absolute Gasteiger partial charge is 0.407 e. The minimum absolute atomic E-state index is 0.272. The Balaban J connectivity index is 1.23. The minimum atomic E-state index is -0.295. The number of benzene rings is 2. The monoisotopic (exact) mass is 336 g/mol. The number of hydrogen-bond donors (Lipinski definition) is 1. The first kappa shape index (κ1) is 16.0. The number of alkyl carbamates (subject to hydrolysis) is 1. The highest BCUT2D eigenvalue weighted by atomic mass is 16.5. The van der Waals surface area contributed by atoms with Gasteiger partial charge in [-0.05, 0) is 42.4 Å². The van der Waals surface area contributed by atoms with Crippen LogP contribution in [-0.4, -0.2) is 25.2 Å². The average Bonchev–Trinajstić information content (AvgIpc) is 3.33. The number of anilines is 1. The van der Waals surface area contributed by atoms with Crippen molar-refractivity contribution in [2.75, 3.05) is 18.0 Å². The molecule has 25 heavy (non-hydrogen) atoms. The van der Waals surface area contributed by atoms with Crippen molar-refractivity contribution in [3.8, 4) is 0 Å². The summed E-state index contributed by atoms with van der Waals surface area (Å²) in [5.74, 6) is 0. The summed E-state index contributed by atoms with van der Waals surface area (Å²) in [6.07, 6.45) is 3.05. The summed E-state index contributed by atoms with van der Waals surface area (Å²) < 4.78 is 5.34. The lowest BCUT2D eigenvalue weighted by molar-refractivity contribution is 0.137. The van der Waals surface area contributed by atoms with Gasteiger partial charge in [-0.25, -0.2) is 4.79 Å². The second kappa shape index (κ2) is 6.79. The Morgan fingerprint density at radius 3 is 2.36 bits per heavy atom. The van der Waals surface area contributed by atoms with Crippen LogP contribution in [0.25, 0.3) is 0 Å². The molecule has 2 fully saturated rings. The highest BCUT2D eigenvalue weighted by Gasteiger charge is 2.55. The maximum absolute atomic E-state index is 12.0. The van der Waals surface area contributed by atoms with Crippen LogP contribution in [0.2, 0.25) is 0 Å². The maximum atomic E-state index is 12.0. The number of carbonyl (C=O) groups is 1. The van der Waals surface area contributed by atoms with Gasteiger partial charge in [0.15, 0.2) is 0 Å². The number of ether oxygens (including phenoxy) is 1. The van der Waals surface area contributed by atoms with Gasteiger partial charge in [0.05, 0.1) is 0 Å². The van der Waals surface area contributed by atoms with E-state index in [4.69, 9.17) is 4.74 Å². The molecule has 0 aromatic heterocycles. The molecule has 0 radical (unpaired) electrons. The second-order valence-corrected chi connectivity index (χ2v) is 7.15. The predicted octanol–water partition coefficient (Wildman–Crippen LogP) is 3.97. The van der Waals surface area contributed by atoms with Crippen LogP contribution in [0.5, 0.6) is 0 Å². The zero-order valence-electron chi connectivity index (χ0n) is 14.4. The number of hydrogen-bond acceptors (Lipinski definition) is 3. The molecule has 1 aliphatic carbocycles. The van der Waals surface area contributed by atoms with Gasteiger partial charge < -0.3 is 15.0 Å². The minimum Gasteiger partial charge on any atom is -0.445 e. The van der Waals surface area contributed by atoms with Crippen molar-refractivity contribution in [2.24, 2.45) is 5.41 Å². The van der Waals surface area contributed by atoms with Crippen LogP contribution in [0.3, 0.4) is 0 Å². The largest absolute Gasteiger partial charge is 0.445 e. The third-order valence-corrected chi connectivity index (χ3v) is 5.58. The number of piperidine rings is 1. The highest BCUT2D eigenvalue weighted by molar-refractivity contribution is 5.68. The van der Waals surface area contributed by atoms with Crippen LogP contribution in [-0.2, 0) is 11.3 Å². The van der Waals surface area contributed by atoms with E-state index in [1.807, 2.05) is 30.3 Å². The summed E-state index contributed by atoms with van der Waals surface area (Å²) in [4.78, 5) is 14.5. The van der Waals surface area contributed by atoms with E-state index in [1.165, 1.54) is 5.69 Å². The lowest BCUT2D eigenvalue weighted by Gasteiger charge is -2.34. The van der Waals surface area contributed by atoms with Crippen LogP contribution in [0.15, 0.2) is 60.7 Å². The van der Waals surface area contributed by atoms with E-state index >= 15 is 0 Å². The maximum Gasteiger partial charge on any atom is 0.407 e. The number of carbonyl (C=O) groups excluding carboxylic acids is 1. The quantitative estimate of drug-likeness (QED) is 0.918. The molecule has 4 rings (SSSR count). The molecule has 1 aliphatic heterocycles. The van der Waals surface area contributed by atoms with Crippen LogP contribution in [0, 0.1) is 5.41 Å². The van der Waals surface area contributed by atoms with Gasteiger partial charge in [-0.3, -0.25) is 0 Å². The van der Waals surface area contributed by atoms with Gasteiger partial charge in [-0.1, -0.05) is 48.5 Å². The van der Waals surface area contributed by atoms with Crippen LogP contribution in [0.4, 0.5) is 10.5 Å². The van der Waals surface area contributed by atoms with Gasteiger partial charge in [-0.15, -0.1) is 0 Å². The summed E-state index contributed by atoms with van der Waals surface area (Å²) in [6, 6.07) is 20.6. The van der Waals surface area contributed by atoms with Gasteiger partial charge in [0.25, 0.3) is 0 Å². The standard InChI is InChI=1S/C21H24N2O2/c24-20(25-16-17-7-3-1-4-8-17)22-19-15-21(19)11-13-23(14-12-21)18-9-5-2-6-10-18/h1-10,19H,11-16H2,(H,22,24). The summed E-state index contributed by atoms with van der Waals surface area (Å²) >= 11 is 0. The molecule has 130 valence electrons. The summed E-state index contributed by atoms with van der Waals surface area (Å²) in [6.45, 7) is 2.44. The molecule has 2 aromatic carbocycles. The molecule has 1 heterocycles. The number of nitrogens with zero attached hydrogens (tertiary/aromatic N) is 1. The van der Waals surface area contributed by atoms with Crippen molar-refractivity contribution in [3.63, 3.8) is 0 Å². The SMILES string of the molecule is O=C(NC1CC12CCN(c1ccccc1)CC2)OCc1ccccc1. The lowest BCUT2D eigenvalue weighted by atomic mass is 9.92. The normalized spacial score (nSPS) is 21.0. The molecule has 1 N–H and O–H groups in total. The first-order chi connectivity index (χ1) is 12.3. The van der Waals surface area contributed by atoms with Crippen molar-refractivity contribution in [1.29, 1.82) is 0 Å². The molecule has 1 unspecified atom stereocenters. The molecular weight excluding hydrogens is 312 g/mol. The number of para-hydroxylation sites is 1. The molecule has 1 atom stereocenters. The van der Waals surface area contributed by atoms with Crippen molar-refractivity contribution < 1.29 is 9.53 Å². The van der Waals surface area contributed by atoms with E-state index in [9.17, 15) is 4.79 Å². The summed E-state index contributed by atoms with van der Waals surface area (Å²) in [5.41, 5.74) is 2.60. The molecule has 2 aliphatic rings. The third-order valence-electron chi connectivity index (χ3n) is 5.58. The van der Waals surface area contributed by atoms with Gasteiger partial charge in [0.2, 0.25) is 0 Å². The first-order valence-electron chi connectivity index (χ1n) is 9.02. The van der Waals surface area contributed by atoms with Crippen LogP contribution in [0.1, 0.15) is 24.8 Å². The Hall–Kier alpha value is -2.49. The summed E-state index contributed by atoms with van der Waals surface area (Å²) in [7, 11) is 0. The van der Waals surface area contributed by atoms with Gasteiger partial charge >= 0.3 is 6.09 Å². The van der Waals surface area contributed by atoms with Gasteiger partial charge in [0.1, 0.15) is 6.61 Å². The van der Waals surface area contributed by atoms with Crippen LogP contribution < -0.4 is 10.2 Å². The van der Waals surface area contributed by atoms with E-state index < -0.39 is 0 Å². The fourth-order valence-corrected chi connectivity index (χ4v) is 3.86. The molecular formula is C21H24N2O2. The topological polar surface area (TPSA) is 41.6 Å². The van der Waals surface area contributed by atoms with Crippen LogP contribution >= 0.6 is 0 Å². The van der Waals surface area contributed by atoms with Gasteiger partial charge in [-0.2, -0.15) is 0 Å². The van der Waals surface area contributed by atoms with E-state index in [2.05, 4.69) is 40.5 Å².